The number of hydrogen-bond donors (Lipinski definition) is 1. The molecule has 0 bridgehead atoms. The van der Waals surface area contributed by atoms with Crippen LogP contribution in [0.4, 0.5) is 0 Å². The second kappa shape index (κ2) is 9.96. The third-order valence-electron chi connectivity index (χ3n) is 6.20. The minimum Gasteiger partial charge on any atom is -0.503 e. The van der Waals surface area contributed by atoms with Gasteiger partial charge in [-0.2, -0.15) is 0 Å². The maximum absolute atomic E-state index is 13.7. The largest absolute Gasteiger partial charge is 0.503 e. The second-order valence-corrected chi connectivity index (χ2v) is 9.22. The summed E-state index contributed by atoms with van der Waals surface area (Å²) in [5.74, 6) is -0.851. The molecule has 1 aliphatic rings. The van der Waals surface area contributed by atoms with Crippen LogP contribution < -0.4 is 4.74 Å². The predicted molar refractivity (Wildman–Crippen MR) is 133 cm³/mol. The molecule has 4 rings (SSSR count). The van der Waals surface area contributed by atoms with Gasteiger partial charge in [-0.15, -0.1) is 0 Å². The molecule has 1 N–H and O–H groups in total. The van der Waals surface area contributed by atoms with Gasteiger partial charge in [0.2, 0.25) is 5.78 Å². The number of fused-ring (bicyclic) bond motifs is 1. The molecule has 7 nitrogen and oxygen atoms in total. The van der Waals surface area contributed by atoms with Crippen molar-refractivity contribution in [1.29, 1.82) is 0 Å². The van der Waals surface area contributed by atoms with E-state index in [1.807, 2.05) is 44.2 Å². The van der Waals surface area contributed by atoms with Crippen molar-refractivity contribution in [3.63, 3.8) is 0 Å². The van der Waals surface area contributed by atoms with Gasteiger partial charge in [0.25, 0.3) is 5.91 Å². The number of ketones is 1. The molecule has 0 saturated heterocycles. The third kappa shape index (κ3) is 4.68. The van der Waals surface area contributed by atoms with Gasteiger partial charge in [0.15, 0.2) is 22.9 Å². The Hall–Kier alpha value is -3.58. The quantitative estimate of drug-likeness (QED) is 0.406. The number of benzene rings is 2. The molecule has 7 heteroatoms. The minimum absolute atomic E-state index is 0.00475. The molecule has 1 unspecified atom stereocenters. The number of carbonyl (C=O) groups is 2. The van der Waals surface area contributed by atoms with E-state index in [9.17, 15) is 14.7 Å². The molecule has 0 aliphatic carbocycles. The highest BCUT2D eigenvalue weighted by atomic mass is 16.5. The molecule has 0 spiro atoms. The van der Waals surface area contributed by atoms with Crippen LogP contribution in [0.15, 0.2) is 64.3 Å². The molecule has 0 fully saturated rings. The van der Waals surface area contributed by atoms with Gasteiger partial charge in [0, 0.05) is 11.9 Å². The molecule has 0 saturated carbocycles. The number of carbonyl (C=O) groups excluding carboxylic acids is 2. The third-order valence-corrected chi connectivity index (χ3v) is 6.20. The number of rotatable bonds is 9. The van der Waals surface area contributed by atoms with Crippen molar-refractivity contribution >= 4 is 22.7 Å². The summed E-state index contributed by atoms with van der Waals surface area (Å²) in [6, 6.07) is 14.0. The standard InChI is InChI=1S/C28H31NO6/c1-16(2)18-9-11-19(12-10-18)24-23(26(31)28(32)29(24)13-14-34-17(3)4)25(30)22-15-20-7-6-8-21(33-5)27(20)35-22/h6-12,15-17,24,31H,13-14H2,1-5H3. The molecule has 2 heterocycles. The smallest absolute Gasteiger partial charge is 0.290 e. The highest BCUT2D eigenvalue weighted by Crippen LogP contribution is 2.40. The Bertz CT molecular complexity index is 1270. The first-order valence-electron chi connectivity index (χ1n) is 11.8. The average molecular weight is 478 g/mol. The van der Waals surface area contributed by atoms with Gasteiger partial charge in [-0.1, -0.05) is 50.2 Å². The molecule has 35 heavy (non-hydrogen) atoms. The lowest BCUT2D eigenvalue weighted by Gasteiger charge is -2.27. The van der Waals surface area contributed by atoms with E-state index in [2.05, 4.69) is 13.8 Å². The first kappa shape index (κ1) is 24.5. The Kier molecular flexibility index (Phi) is 6.98. The Balaban J connectivity index is 1.76. The van der Waals surface area contributed by atoms with Gasteiger partial charge in [-0.25, -0.2) is 0 Å². The molecule has 1 atom stereocenters. The zero-order valence-electron chi connectivity index (χ0n) is 20.7. The van der Waals surface area contributed by atoms with Crippen LogP contribution in [0.25, 0.3) is 11.0 Å². The number of Topliss-reactive ketones (excluding diaryl/α,β-unsaturated/α-hetero) is 1. The monoisotopic (exact) mass is 477 g/mol. The summed E-state index contributed by atoms with van der Waals surface area (Å²) in [6.45, 7) is 8.52. The van der Waals surface area contributed by atoms with Crippen molar-refractivity contribution in [2.45, 2.75) is 45.8 Å². The lowest BCUT2D eigenvalue weighted by Crippen LogP contribution is -2.34. The molecular weight excluding hydrogens is 446 g/mol. The predicted octanol–water partition coefficient (Wildman–Crippen LogP) is 5.57. The number of ether oxygens (including phenoxy) is 2. The van der Waals surface area contributed by atoms with Gasteiger partial charge in [0.05, 0.1) is 31.4 Å². The van der Waals surface area contributed by atoms with Crippen molar-refractivity contribution in [3.8, 4) is 5.75 Å². The first-order valence-corrected chi connectivity index (χ1v) is 11.8. The van der Waals surface area contributed by atoms with E-state index in [1.165, 1.54) is 12.0 Å². The van der Waals surface area contributed by atoms with Gasteiger partial charge >= 0.3 is 0 Å². The molecule has 3 aromatic rings. The molecule has 1 aliphatic heterocycles. The van der Waals surface area contributed by atoms with Crippen LogP contribution in [-0.4, -0.2) is 48.1 Å². The summed E-state index contributed by atoms with van der Waals surface area (Å²) in [4.78, 5) is 28.3. The molecule has 1 amide bonds. The van der Waals surface area contributed by atoms with Crippen LogP contribution in [0.2, 0.25) is 0 Å². The van der Waals surface area contributed by atoms with E-state index in [0.717, 1.165) is 11.1 Å². The fraction of sp³-hybridized carbons (Fsp3) is 0.357. The van der Waals surface area contributed by atoms with E-state index in [1.54, 1.807) is 18.2 Å². The van der Waals surface area contributed by atoms with Crippen molar-refractivity contribution in [2.24, 2.45) is 0 Å². The van der Waals surface area contributed by atoms with Gasteiger partial charge in [-0.3, -0.25) is 9.59 Å². The van der Waals surface area contributed by atoms with E-state index in [4.69, 9.17) is 13.9 Å². The molecular formula is C28H31NO6. The fourth-order valence-electron chi connectivity index (χ4n) is 4.35. The number of para-hydroxylation sites is 1. The lowest BCUT2D eigenvalue weighted by molar-refractivity contribution is -0.130. The number of methoxy groups -OCH3 is 1. The lowest BCUT2D eigenvalue weighted by atomic mass is 9.93. The van der Waals surface area contributed by atoms with Crippen LogP contribution in [0.3, 0.4) is 0 Å². The van der Waals surface area contributed by atoms with Crippen molar-refractivity contribution < 1.29 is 28.6 Å². The van der Waals surface area contributed by atoms with E-state index in [-0.39, 0.29) is 30.6 Å². The van der Waals surface area contributed by atoms with Gasteiger partial charge in [-0.05, 0) is 43.0 Å². The molecule has 2 aromatic carbocycles. The summed E-state index contributed by atoms with van der Waals surface area (Å²) in [5, 5.41) is 11.6. The Morgan fingerprint density at radius 3 is 2.46 bits per heavy atom. The molecule has 184 valence electrons. The summed E-state index contributed by atoms with van der Waals surface area (Å²) in [5.41, 5.74) is 2.30. The number of amides is 1. The fourth-order valence-corrected chi connectivity index (χ4v) is 4.35. The summed E-state index contributed by atoms with van der Waals surface area (Å²) >= 11 is 0. The number of hydrogen-bond acceptors (Lipinski definition) is 6. The summed E-state index contributed by atoms with van der Waals surface area (Å²) < 4.78 is 16.9. The second-order valence-electron chi connectivity index (χ2n) is 9.22. The van der Waals surface area contributed by atoms with E-state index in [0.29, 0.717) is 22.6 Å². The normalized spacial score (nSPS) is 16.3. The highest BCUT2D eigenvalue weighted by molar-refractivity contribution is 6.16. The summed E-state index contributed by atoms with van der Waals surface area (Å²) in [6.07, 6.45) is -0.00957. The number of aliphatic hydroxyl groups excluding tert-OH is 1. The molecule has 0 radical (unpaired) electrons. The number of nitrogens with zero attached hydrogens (tertiary/aromatic N) is 1. The zero-order chi connectivity index (χ0) is 25.3. The average Bonchev–Trinajstić information content (AvgIpc) is 3.38. The van der Waals surface area contributed by atoms with Gasteiger partial charge < -0.3 is 23.9 Å². The Morgan fingerprint density at radius 2 is 1.83 bits per heavy atom. The maximum Gasteiger partial charge on any atom is 0.290 e. The van der Waals surface area contributed by atoms with Gasteiger partial charge in [0.1, 0.15) is 0 Å². The highest BCUT2D eigenvalue weighted by Gasteiger charge is 2.44. The van der Waals surface area contributed by atoms with Crippen molar-refractivity contribution in [3.05, 3.63) is 76.8 Å². The molecule has 1 aromatic heterocycles. The zero-order valence-corrected chi connectivity index (χ0v) is 20.7. The number of furan rings is 1. The number of aliphatic hydroxyl groups is 1. The minimum atomic E-state index is -0.762. The SMILES string of the molecule is COc1cccc2cc(C(=O)C3=C(O)C(=O)N(CCOC(C)C)C3c3ccc(C(C)C)cc3)oc12. The van der Waals surface area contributed by atoms with E-state index >= 15 is 0 Å². The Morgan fingerprint density at radius 1 is 1.11 bits per heavy atom. The van der Waals surface area contributed by atoms with Crippen LogP contribution in [-0.2, 0) is 9.53 Å². The van der Waals surface area contributed by atoms with E-state index < -0.39 is 23.5 Å². The van der Waals surface area contributed by atoms with Crippen LogP contribution in [0.1, 0.15) is 61.3 Å². The topological polar surface area (TPSA) is 89.2 Å². The maximum atomic E-state index is 13.7. The van der Waals surface area contributed by atoms with Crippen LogP contribution in [0, 0.1) is 0 Å². The van der Waals surface area contributed by atoms with Crippen LogP contribution >= 0.6 is 0 Å². The Labute approximate surface area is 204 Å². The van der Waals surface area contributed by atoms with Crippen LogP contribution in [0.5, 0.6) is 5.75 Å². The first-order chi connectivity index (χ1) is 16.7. The summed E-state index contributed by atoms with van der Waals surface area (Å²) in [7, 11) is 1.52. The van der Waals surface area contributed by atoms with Crippen molar-refractivity contribution in [1.82, 2.24) is 4.90 Å². The van der Waals surface area contributed by atoms with Crippen molar-refractivity contribution in [2.75, 3.05) is 20.3 Å².